The molecule has 5 heteroatoms. The Kier molecular flexibility index (Phi) is 18.5. The van der Waals surface area contributed by atoms with Gasteiger partial charge in [-0.05, 0) is 35.2 Å². The fourth-order valence-electron chi connectivity index (χ4n) is 6.41. The monoisotopic (exact) mass is 690 g/mol. The molecular formula is C46H58O5. The summed E-state index contributed by atoms with van der Waals surface area (Å²) in [6, 6.07) is 33.6. The van der Waals surface area contributed by atoms with E-state index < -0.39 is 17.9 Å². The number of carbonyl (C=O) groups is 2. The number of hydrogen-bond acceptors (Lipinski definition) is 5. The smallest absolute Gasteiger partial charge is 0.338 e. The first-order chi connectivity index (χ1) is 25.1. The van der Waals surface area contributed by atoms with Crippen LogP contribution in [0.1, 0.15) is 143 Å². The Morgan fingerprint density at radius 2 is 0.980 bits per heavy atom. The molecule has 0 unspecified atom stereocenters. The first-order valence-corrected chi connectivity index (χ1v) is 19.4. The Morgan fingerprint density at radius 3 is 1.49 bits per heavy atom. The minimum absolute atomic E-state index is 0.142. The quantitative estimate of drug-likeness (QED) is 0.0393. The summed E-state index contributed by atoms with van der Waals surface area (Å²) in [5.74, 6) is -0.856. The van der Waals surface area contributed by atoms with Gasteiger partial charge < -0.3 is 14.2 Å². The van der Waals surface area contributed by atoms with Crippen molar-refractivity contribution in [2.45, 2.75) is 122 Å². The second-order valence-corrected chi connectivity index (χ2v) is 13.6. The maximum atomic E-state index is 13.8. The van der Waals surface area contributed by atoms with Crippen molar-refractivity contribution >= 4 is 11.9 Å². The molecule has 0 heterocycles. The van der Waals surface area contributed by atoms with E-state index in [1.165, 1.54) is 89.9 Å². The van der Waals surface area contributed by atoms with Crippen LogP contribution >= 0.6 is 0 Å². The SMILES string of the molecule is CCCCCCCCCCCCCCCCCCOc1cc(OC(=O)C(c2ccccc2)c2ccccc2)cc(C(=O)OCc2ccccc2)c1. The second kappa shape index (κ2) is 23.9. The average molecular weight is 691 g/mol. The van der Waals surface area contributed by atoms with Crippen LogP contribution in [0.15, 0.2) is 109 Å². The van der Waals surface area contributed by atoms with Crippen molar-refractivity contribution in [1.29, 1.82) is 0 Å². The molecule has 0 aromatic heterocycles. The van der Waals surface area contributed by atoms with Crippen molar-refractivity contribution in [1.82, 2.24) is 0 Å². The van der Waals surface area contributed by atoms with Gasteiger partial charge >= 0.3 is 11.9 Å². The van der Waals surface area contributed by atoms with Gasteiger partial charge in [-0.1, -0.05) is 194 Å². The molecule has 4 aromatic rings. The maximum absolute atomic E-state index is 13.8. The van der Waals surface area contributed by atoms with Crippen LogP contribution in [-0.2, 0) is 16.1 Å². The lowest BCUT2D eigenvalue weighted by atomic mass is 9.91. The molecule has 0 aliphatic heterocycles. The van der Waals surface area contributed by atoms with E-state index in [1.807, 2.05) is 91.0 Å². The summed E-state index contributed by atoms with van der Waals surface area (Å²) in [5.41, 5.74) is 2.82. The molecule has 272 valence electrons. The van der Waals surface area contributed by atoms with Crippen molar-refractivity contribution in [2.75, 3.05) is 6.61 Å². The van der Waals surface area contributed by atoms with E-state index in [-0.39, 0.29) is 17.9 Å². The highest BCUT2D eigenvalue weighted by Gasteiger charge is 2.25. The Labute approximate surface area is 306 Å². The van der Waals surface area contributed by atoms with Crippen LogP contribution < -0.4 is 9.47 Å². The van der Waals surface area contributed by atoms with E-state index in [9.17, 15) is 9.59 Å². The summed E-state index contributed by atoms with van der Waals surface area (Å²) < 4.78 is 17.7. The molecule has 0 saturated carbocycles. The lowest BCUT2D eigenvalue weighted by Gasteiger charge is -2.18. The molecule has 0 bridgehead atoms. The number of hydrogen-bond donors (Lipinski definition) is 0. The molecular weight excluding hydrogens is 633 g/mol. The molecule has 0 aliphatic rings. The van der Waals surface area contributed by atoms with Gasteiger partial charge in [0.05, 0.1) is 12.2 Å². The predicted molar refractivity (Wildman–Crippen MR) is 207 cm³/mol. The van der Waals surface area contributed by atoms with E-state index in [1.54, 1.807) is 18.2 Å². The summed E-state index contributed by atoms with van der Waals surface area (Å²) >= 11 is 0. The Morgan fingerprint density at radius 1 is 0.529 bits per heavy atom. The van der Waals surface area contributed by atoms with Crippen molar-refractivity contribution in [3.8, 4) is 11.5 Å². The highest BCUT2D eigenvalue weighted by Crippen LogP contribution is 2.30. The summed E-state index contributed by atoms with van der Waals surface area (Å²) in [7, 11) is 0. The molecule has 0 atom stereocenters. The van der Waals surface area contributed by atoms with Crippen molar-refractivity contribution in [2.24, 2.45) is 0 Å². The van der Waals surface area contributed by atoms with Gasteiger partial charge in [0.15, 0.2) is 0 Å². The third-order valence-electron chi connectivity index (χ3n) is 9.32. The summed E-state index contributed by atoms with van der Waals surface area (Å²) in [6.07, 6.45) is 20.9. The summed E-state index contributed by atoms with van der Waals surface area (Å²) in [5, 5.41) is 0. The molecule has 0 N–H and O–H groups in total. The number of ether oxygens (including phenoxy) is 3. The highest BCUT2D eigenvalue weighted by molar-refractivity contribution is 5.91. The molecule has 4 aromatic carbocycles. The standard InChI is InChI=1S/C46H58O5/c1-2-3-4-5-6-7-8-9-10-11-12-13-14-15-16-26-33-49-42-34-41(45(47)50-37-38-27-20-17-21-28-38)35-43(36-42)51-46(48)44(39-29-22-18-23-30-39)40-31-24-19-25-32-40/h17-25,27-32,34-36,44H,2-16,26,33,37H2,1H3. The van der Waals surface area contributed by atoms with E-state index in [0.29, 0.717) is 12.4 Å². The zero-order chi connectivity index (χ0) is 35.8. The molecule has 0 saturated heterocycles. The van der Waals surface area contributed by atoms with Gasteiger partial charge in [-0.15, -0.1) is 0 Å². The molecule has 51 heavy (non-hydrogen) atoms. The van der Waals surface area contributed by atoms with Crippen LogP contribution in [0.3, 0.4) is 0 Å². The summed E-state index contributed by atoms with van der Waals surface area (Å²) in [4.78, 5) is 27.0. The minimum atomic E-state index is -0.629. The molecule has 0 spiro atoms. The maximum Gasteiger partial charge on any atom is 0.338 e. The first-order valence-electron chi connectivity index (χ1n) is 19.4. The Balaban J connectivity index is 1.26. The van der Waals surface area contributed by atoms with E-state index in [0.717, 1.165) is 29.5 Å². The summed E-state index contributed by atoms with van der Waals surface area (Å²) in [6.45, 7) is 2.94. The van der Waals surface area contributed by atoms with Crippen LogP contribution in [0.4, 0.5) is 0 Å². The van der Waals surface area contributed by atoms with Gasteiger partial charge in [-0.25, -0.2) is 4.79 Å². The predicted octanol–water partition coefficient (Wildman–Crippen LogP) is 12.4. The molecule has 0 fully saturated rings. The van der Waals surface area contributed by atoms with Crippen molar-refractivity contribution in [3.63, 3.8) is 0 Å². The van der Waals surface area contributed by atoms with Gasteiger partial charge in [-0.2, -0.15) is 0 Å². The molecule has 4 rings (SSSR count). The normalized spacial score (nSPS) is 11.0. The zero-order valence-corrected chi connectivity index (χ0v) is 30.7. The fourth-order valence-corrected chi connectivity index (χ4v) is 6.41. The lowest BCUT2D eigenvalue weighted by Crippen LogP contribution is -2.20. The molecule has 0 aliphatic carbocycles. The topological polar surface area (TPSA) is 61.8 Å². The van der Waals surface area contributed by atoms with Gasteiger partial charge in [0, 0.05) is 6.07 Å². The number of carbonyl (C=O) groups excluding carboxylic acids is 2. The number of benzene rings is 4. The van der Waals surface area contributed by atoms with Gasteiger partial charge in [-0.3, -0.25) is 4.79 Å². The number of esters is 2. The van der Waals surface area contributed by atoms with Crippen molar-refractivity contribution < 1.29 is 23.8 Å². The molecule has 0 amide bonds. The van der Waals surface area contributed by atoms with E-state index in [4.69, 9.17) is 14.2 Å². The molecule has 5 nitrogen and oxygen atoms in total. The fraction of sp³-hybridized carbons (Fsp3) is 0.435. The van der Waals surface area contributed by atoms with Crippen LogP contribution in [0.2, 0.25) is 0 Å². The average Bonchev–Trinajstić information content (AvgIpc) is 3.16. The minimum Gasteiger partial charge on any atom is -0.493 e. The van der Waals surface area contributed by atoms with Crippen LogP contribution in [0.25, 0.3) is 0 Å². The number of rotatable bonds is 25. The number of unbranched alkanes of at least 4 members (excludes halogenated alkanes) is 15. The zero-order valence-electron chi connectivity index (χ0n) is 30.7. The highest BCUT2D eigenvalue weighted by atomic mass is 16.5. The largest absolute Gasteiger partial charge is 0.493 e. The van der Waals surface area contributed by atoms with Gasteiger partial charge in [0.1, 0.15) is 24.0 Å². The van der Waals surface area contributed by atoms with E-state index >= 15 is 0 Å². The van der Waals surface area contributed by atoms with Gasteiger partial charge in [0.2, 0.25) is 0 Å². The van der Waals surface area contributed by atoms with Gasteiger partial charge in [0.25, 0.3) is 0 Å². The van der Waals surface area contributed by atoms with Crippen LogP contribution in [0, 0.1) is 0 Å². The van der Waals surface area contributed by atoms with Crippen LogP contribution in [0.5, 0.6) is 11.5 Å². The third-order valence-corrected chi connectivity index (χ3v) is 9.32. The van der Waals surface area contributed by atoms with Crippen LogP contribution in [-0.4, -0.2) is 18.5 Å². The Bertz CT molecular complexity index is 1480. The van der Waals surface area contributed by atoms with E-state index in [2.05, 4.69) is 6.92 Å². The lowest BCUT2D eigenvalue weighted by molar-refractivity contribution is -0.135. The second-order valence-electron chi connectivity index (χ2n) is 13.6. The Hall–Kier alpha value is -4.38. The van der Waals surface area contributed by atoms with Crippen molar-refractivity contribution in [3.05, 3.63) is 131 Å². The third kappa shape index (κ3) is 15.2. The molecule has 0 radical (unpaired) electrons. The first kappa shape index (κ1) is 39.4.